The van der Waals surface area contributed by atoms with Gasteiger partial charge in [-0.05, 0) is 19.1 Å². The van der Waals surface area contributed by atoms with Crippen LogP contribution in [0.2, 0.25) is 0 Å². The van der Waals surface area contributed by atoms with Crippen LogP contribution in [0.25, 0.3) is 0 Å². The molecule has 0 spiro atoms. The fourth-order valence-electron chi connectivity index (χ4n) is 1.74. The number of aliphatic hydroxyl groups is 3. The van der Waals surface area contributed by atoms with Crippen molar-refractivity contribution in [3.8, 4) is 5.75 Å². The number of benzene rings is 1. The average Bonchev–Trinajstić information content (AvgIpc) is 2.35. The quantitative estimate of drug-likeness (QED) is 0.672. The third kappa shape index (κ3) is 2.58. The Balaban J connectivity index is 2.06. The Morgan fingerprint density at radius 1 is 1.00 bits per heavy atom. The van der Waals surface area contributed by atoms with Crippen LogP contribution in [-0.4, -0.2) is 46.0 Å². The van der Waals surface area contributed by atoms with E-state index in [1.165, 1.54) is 0 Å². The molecule has 0 aromatic heterocycles. The molecule has 2 rings (SSSR count). The van der Waals surface area contributed by atoms with Gasteiger partial charge in [-0.2, -0.15) is 0 Å². The molecule has 1 saturated heterocycles. The van der Waals surface area contributed by atoms with Crippen LogP contribution in [0.15, 0.2) is 30.3 Å². The number of hydrogen-bond acceptors (Lipinski definition) is 5. The van der Waals surface area contributed by atoms with E-state index in [-0.39, 0.29) is 0 Å². The molecule has 1 aromatic rings. The molecule has 0 bridgehead atoms. The third-order valence-electron chi connectivity index (χ3n) is 2.80. The predicted molar refractivity (Wildman–Crippen MR) is 59.4 cm³/mol. The number of aliphatic hydroxyl groups excluding tert-OH is 3. The SMILES string of the molecule is C[C@H]1OC(Oc2ccccc2)[C@@H](O)[C@@H](O)[C@@H]1O. The van der Waals surface area contributed by atoms with Gasteiger partial charge in [0.25, 0.3) is 0 Å². The maximum atomic E-state index is 9.73. The molecule has 0 amide bonds. The lowest BCUT2D eigenvalue weighted by Gasteiger charge is -2.38. The monoisotopic (exact) mass is 240 g/mol. The van der Waals surface area contributed by atoms with Gasteiger partial charge >= 0.3 is 0 Å². The van der Waals surface area contributed by atoms with Gasteiger partial charge in [0.1, 0.15) is 24.1 Å². The molecule has 17 heavy (non-hydrogen) atoms. The Hall–Kier alpha value is -1.14. The fourth-order valence-corrected chi connectivity index (χ4v) is 1.74. The van der Waals surface area contributed by atoms with Crippen molar-refractivity contribution in [1.29, 1.82) is 0 Å². The van der Waals surface area contributed by atoms with Crippen LogP contribution in [0, 0.1) is 0 Å². The largest absolute Gasteiger partial charge is 0.462 e. The first-order chi connectivity index (χ1) is 8.09. The van der Waals surface area contributed by atoms with Gasteiger partial charge in [-0.25, -0.2) is 0 Å². The molecule has 1 heterocycles. The van der Waals surface area contributed by atoms with Crippen molar-refractivity contribution in [3.63, 3.8) is 0 Å². The Labute approximate surface area is 99.2 Å². The van der Waals surface area contributed by atoms with Gasteiger partial charge in [-0.3, -0.25) is 0 Å². The molecule has 94 valence electrons. The van der Waals surface area contributed by atoms with E-state index in [2.05, 4.69) is 0 Å². The molecule has 0 radical (unpaired) electrons. The van der Waals surface area contributed by atoms with Gasteiger partial charge in [0.2, 0.25) is 6.29 Å². The highest BCUT2D eigenvalue weighted by Gasteiger charge is 2.43. The Kier molecular flexibility index (Phi) is 3.63. The van der Waals surface area contributed by atoms with E-state index in [4.69, 9.17) is 9.47 Å². The van der Waals surface area contributed by atoms with Crippen LogP contribution in [-0.2, 0) is 4.74 Å². The van der Waals surface area contributed by atoms with E-state index < -0.39 is 30.7 Å². The Morgan fingerprint density at radius 3 is 2.29 bits per heavy atom. The van der Waals surface area contributed by atoms with Gasteiger partial charge in [-0.15, -0.1) is 0 Å². The van der Waals surface area contributed by atoms with Crippen molar-refractivity contribution in [2.45, 2.75) is 37.6 Å². The highest BCUT2D eigenvalue weighted by molar-refractivity contribution is 5.21. The molecule has 1 unspecified atom stereocenters. The summed E-state index contributed by atoms with van der Waals surface area (Å²) in [6.07, 6.45) is -5.23. The zero-order chi connectivity index (χ0) is 12.4. The summed E-state index contributed by atoms with van der Waals surface area (Å²) in [5.74, 6) is 0.535. The highest BCUT2D eigenvalue weighted by Crippen LogP contribution is 2.23. The zero-order valence-electron chi connectivity index (χ0n) is 9.43. The van der Waals surface area contributed by atoms with E-state index in [1.54, 1.807) is 31.2 Å². The lowest BCUT2D eigenvalue weighted by Crippen LogP contribution is -2.58. The van der Waals surface area contributed by atoms with Crippen LogP contribution >= 0.6 is 0 Å². The molecule has 1 aliphatic rings. The van der Waals surface area contributed by atoms with E-state index >= 15 is 0 Å². The molecule has 1 aromatic carbocycles. The van der Waals surface area contributed by atoms with Crippen molar-refractivity contribution < 1.29 is 24.8 Å². The molecule has 1 aliphatic heterocycles. The summed E-state index contributed by atoms with van der Waals surface area (Å²) in [5.41, 5.74) is 0. The fraction of sp³-hybridized carbons (Fsp3) is 0.500. The average molecular weight is 240 g/mol. The normalized spacial score (nSPS) is 37.8. The summed E-state index contributed by atoms with van der Waals surface area (Å²) < 4.78 is 10.7. The number of hydrogen-bond donors (Lipinski definition) is 3. The van der Waals surface area contributed by atoms with Gasteiger partial charge in [0, 0.05) is 0 Å². The summed E-state index contributed by atoms with van der Waals surface area (Å²) in [6, 6.07) is 8.86. The Bertz CT molecular complexity index is 355. The van der Waals surface area contributed by atoms with Crippen LogP contribution < -0.4 is 4.74 Å². The summed E-state index contributed by atoms with van der Waals surface area (Å²) in [5, 5.41) is 28.8. The lowest BCUT2D eigenvalue weighted by molar-refractivity contribution is -0.268. The number of ether oxygens (including phenoxy) is 2. The predicted octanol–water partition coefficient (Wildman–Crippen LogP) is -0.107. The molecule has 5 nitrogen and oxygen atoms in total. The van der Waals surface area contributed by atoms with Crippen molar-refractivity contribution in [2.24, 2.45) is 0 Å². The molecular weight excluding hydrogens is 224 g/mol. The molecule has 3 N–H and O–H groups in total. The number of rotatable bonds is 2. The van der Waals surface area contributed by atoms with E-state index in [9.17, 15) is 15.3 Å². The zero-order valence-corrected chi connectivity index (χ0v) is 9.43. The maximum absolute atomic E-state index is 9.73. The van der Waals surface area contributed by atoms with Gasteiger partial charge in [-0.1, -0.05) is 18.2 Å². The summed E-state index contributed by atoms with van der Waals surface area (Å²) in [4.78, 5) is 0. The minimum atomic E-state index is -1.28. The van der Waals surface area contributed by atoms with Crippen LogP contribution in [0.3, 0.4) is 0 Å². The standard InChI is InChI=1S/C12H16O5/c1-7-9(13)10(14)11(15)12(16-7)17-8-5-3-2-4-6-8/h2-7,9-15H,1H3/t7-,9-,10+,11+,12?/m1/s1. The first-order valence-corrected chi connectivity index (χ1v) is 5.51. The topological polar surface area (TPSA) is 79.2 Å². The molecule has 0 aliphatic carbocycles. The second kappa shape index (κ2) is 5.01. The highest BCUT2D eigenvalue weighted by atomic mass is 16.7. The first kappa shape index (κ1) is 12.3. The second-order valence-electron chi connectivity index (χ2n) is 4.11. The van der Waals surface area contributed by atoms with Crippen molar-refractivity contribution in [1.82, 2.24) is 0 Å². The minimum Gasteiger partial charge on any atom is -0.462 e. The molecular formula is C12H16O5. The van der Waals surface area contributed by atoms with Crippen molar-refractivity contribution in [3.05, 3.63) is 30.3 Å². The third-order valence-corrected chi connectivity index (χ3v) is 2.80. The molecule has 0 saturated carbocycles. The summed E-state index contributed by atoms with van der Waals surface area (Å²) >= 11 is 0. The van der Waals surface area contributed by atoms with Crippen LogP contribution in [0.1, 0.15) is 6.92 Å². The lowest BCUT2D eigenvalue weighted by atomic mass is 10.00. The summed E-state index contributed by atoms with van der Waals surface area (Å²) in [6.45, 7) is 1.61. The Morgan fingerprint density at radius 2 is 1.65 bits per heavy atom. The van der Waals surface area contributed by atoms with Crippen molar-refractivity contribution in [2.75, 3.05) is 0 Å². The second-order valence-corrected chi connectivity index (χ2v) is 4.11. The summed E-state index contributed by atoms with van der Waals surface area (Å²) in [7, 11) is 0. The first-order valence-electron chi connectivity index (χ1n) is 5.51. The molecule has 5 heteroatoms. The smallest absolute Gasteiger partial charge is 0.229 e. The van der Waals surface area contributed by atoms with Crippen LogP contribution in [0.4, 0.5) is 0 Å². The van der Waals surface area contributed by atoms with Gasteiger partial charge < -0.3 is 24.8 Å². The van der Waals surface area contributed by atoms with E-state index in [1.807, 2.05) is 6.07 Å². The van der Waals surface area contributed by atoms with E-state index in [0.29, 0.717) is 5.75 Å². The molecule has 1 fully saturated rings. The van der Waals surface area contributed by atoms with Gasteiger partial charge in [0.05, 0.1) is 6.10 Å². The number of para-hydroxylation sites is 1. The van der Waals surface area contributed by atoms with Crippen LogP contribution in [0.5, 0.6) is 5.75 Å². The maximum Gasteiger partial charge on any atom is 0.229 e. The van der Waals surface area contributed by atoms with Crippen molar-refractivity contribution >= 4 is 0 Å². The minimum absolute atomic E-state index is 0.535. The molecule has 5 atom stereocenters. The van der Waals surface area contributed by atoms with Gasteiger partial charge in [0.15, 0.2) is 0 Å². The van der Waals surface area contributed by atoms with E-state index in [0.717, 1.165) is 0 Å².